The van der Waals surface area contributed by atoms with Crippen LogP contribution in [0.2, 0.25) is 0 Å². The van der Waals surface area contributed by atoms with E-state index in [0.717, 1.165) is 0 Å². The summed E-state index contributed by atoms with van der Waals surface area (Å²) in [5.41, 5.74) is 4.88. The van der Waals surface area contributed by atoms with E-state index in [1.807, 2.05) is 13.8 Å². The average molecular weight is 270 g/mol. The number of aryl methyl sites for hydroxylation is 1. The van der Waals surface area contributed by atoms with Crippen molar-refractivity contribution in [3.05, 3.63) is 11.7 Å². The molecule has 3 N–H and O–H groups in total. The van der Waals surface area contributed by atoms with Crippen molar-refractivity contribution in [1.82, 2.24) is 15.5 Å². The molecule has 1 aromatic heterocycles. The van der Waals surface area contributed by atoms with Crippen LogP contribution in [0.3, 0.4) is 0 Å². The van der Waals surface area contributed by atoms with E-state index in [-0.39, 0.29) is 17.4 Å². The van der Waals surface area contributed by atoms with Crippen LogP contribution in [0.4, 0.5) is 0 Å². The lowest BCUT2D eigenvalue weighted by molar-refractivity contribution is -0.128. The lowest BCUT2D eigenvalue weighted by atomic mass is 9.81. The first-order valence-corrected chi connectivity index (χ1v) is 6.24. The molecule has 0 atom stereocenters. The van der Waals surface area contributed by atoms with Crippen LogP contribution in [-0.4, -0.2) is 21.0 Å². The largest absolute Gasteiger partial charge is 0.392 e. The summed E-state index contributed by atoms with van der Waals surface area (Å²) in [7, 11) is 0. The summed E-state index contributed by atoms with van der Waals surface area (Å²) >= 11 is 5.00. The van der Waals surface area contributed by atoms with Gasteiger partial charge in [0, 0.05) is 0 Å². The second kappa shape index (κ2) is 5.90. The first-order valence-electron chi connectivity index (χ1n) is 5.83. The summed E-state index contributed by atoms with van der Waals surface area (Å²) in [6.45, 7) is 5.68. The Hall–Kier alpha value is -1.50. The Balaban J connectivity index is 2.71. The molecule has 6 nitrogen and oxygen atoms in total. The highest BCUT2D eigenvalue weighted by molar-refractivity contribution is 7.80. The maximum atomic E-state index is 12.2. The molecule has 1 amide bonds. The highest BCUT2D eigenvalue weighted by Crippen LogP contribution is 2.27. The molecule has 0 saturated carbocycles. The van der Waals surface area contributed by atoms with Crippen LogP contribution in [-0.2, 0) is 11.3 Å². The van der Waals surface area contributed by atoms with Crippen LogP contribution in [0.25, 0.3) is 0 Å². The molecule has 1 rings (SSSR count). The third kappa shape index (κ3) is 2.84. The average Bonchev–Trinajstić information content (AvgIpc) is 2.74. The Bertz CT molecular complexity index is 440. The molecule has 0 aliphatic carbocycles. The summed E-state index contributed by atoms with van der Waals surface area (Å²) in [6, 6.07) is 0. The SMILES string of the molecule is CCC(CC)(C(=O)NCc1nc(C)no1)C(N)=S. The molecular weight excluding hydrogens is 252 g/mol. The molecule has 0 aliphatic heterocycles. The van der Waals surface area contributed by atoms with Gasteiger partial charge in [-0.15, -0.1) is 0 Å². The number of carbonyl (C=O) groups is 1. The number of carbonyl (C=O) groups excluding carboxylic acids is 1. The minimum Gasteiger partial charge on any atom is -0.392 e. The lowest BCUT2D eigenvalue weighted by Gasteiger charge is -2.28. The molecule has 0 fully saturated rings. The number of amides is 1. The van der Waals surface area contributed by atoms with Crippen LogP contribution in [0.5, 0.6) is 0 Å². The quantitative estimate of drug-likeness (QED) is 0.751. The maximum absolute atomic E-state index is 12.2. The van der Waals surface area contributed by atoms with Crippen molar-refractivity contribution in [2.45, 2.75) is 40.2 Å². The maximum Gasteiger partial charge on any atom is 0.246 e. The fraction of sp³-hybridized carbons (Fsp3) is 0.636. The van der Waals surface area contributed by atoms with Gasteiger partial charge in [-0.25, -0.2) is 0 Å². The topological polar surface area (TPSA) is 94.0 Å². The van der Waals surface area contributed by atoms with E-state index < -0.39 is 5.41 Å². The van der Waals surface area contributed by atoms with Gasteiger partial charge >= 0.3 is 0 Å². The second-order valence-corrected chi connectivity index (χ2v) is 4.51. The van der Waals surface area contributed by atoms with Crippen molar-refractivity contribution < 1.29 is 9.32 Å². The predicted molar refractivity (Wildman–Crippen MR) is 70.7 cm³/mol. The van der Waals surface area contributed by atoms with Crippen molar-refractivity contribution in [3.63, 3.8) is 0 Å². The minimum atomic E-state index is -0.801. The molecular formula is C11H18N4O2S. The molecule has 100 valence electrons. The number of nitrogens with zero attached hydrogens (tertiary/aromatic N) is 2. The van der Waals surface area contributed by atoms with Gasteiger partial charge in [-0.05, 0) is 19.8 Å². The summed E-state index contributed by atoms with van der Waals surface area (Å²) in [5, 5.41) is 6.38. The van der Waals surface area contributed by atoms with Crippen molar-refractivity contribution in [1.29, 1.82) is 0 Å². The highest BCUT2D eigenvalue weighted by atomic mass is 32.1. The predicted octanol–water partition coefficient (Wildman–Crippen LogP) is 1.09. The van der Waals surface area contributed by atoms with Gasteiger partial charge in [-0.1, -0.05) is 31.2 Å². The Kier molecular flexibility index (Phi) is 4.77. The van der Waals surface area contributed by atoms with Gasteiger partial charge in [0.15, 0.2) is 5.82 Å². The summed E-state index contributed by atoms with van der Waals surface area (Å²) in [6.07, 6.45) is 1.13. The van der Waals surface area contributed by atoms with E-state index in [0.29, 0.717) is 24.6 Å². The van der Waals surface area contributed by atoms with Gasteiger partial charge < -0.3 is 15.6 Å². The van der Waals surface area contributed by atoms with Gasteiger partial charge in [0.1, 0.15) is 0 Å². The van der Waals surface area contributed by atoms with Gasteiger partial charge in [0.05, 0.1) is 16.9 Å². The van der Waals surface area contributed by atoms with E-state index in [1.54, 1.807) is 6.92 Å². The van der Waals surface area contributed by atoms with Gasteiger partial charge in [-0.3, -0.25) is 4.79 Å². The molecule has 18 heavy (non-hydrogen) atoms. The van der Waals surface area contributed by atoms with E-state index in [4.69, 9.17) is 22.5 Å². The van der Waals surface area contributed by atoms with Gasteiger partial charge in [0.25, 0.3) is 0 Å². The first-order chi connectivity index (χ1) is 8.46. The van der Waals surface area contributed by atoms with Crippen molar-refractivity contribution in [2.75, 3.05) is 0 Å². The fourth-order valence-corrected chi connectivity index (χ4v) is 2.15. The van der Waals surface area contributed by atoms with E-state index in [2.05, 4.69) is 15.5 Å². The zero-order chi connectivity index (χ0) is 13.8. The van der Waals surface area contributed by atoms with Crippen molar-refractivity contribution >= 4 is 23.1 Å². The van der Waals surface area contributed by atoms with Crippen molar-refractivity contribution in [3.8, 4) is 0 Å². The number of hydrogen-bond donors (Lipinski definition) is 2. The van der Waals surface area contributed by atoms with Crippen LogP contribution < -0.4 is 11.1 Å². The molecule has 0 aromatic carbocycles. The number of nitrogens with two attached hydrogens (primary N) is 1. The van der Waals surface area contributed by atoms with E-state index >= 15 is 0 Å². The first kappa shape index (κ1) is 14.6. The zero-order valence-corrected chi connectivity index (χ0v) is 11.6. The summed E-state index contributed by atoms with van der Waals surface area (Å²) in [4.78, 5) is 16.4. The molecule has 7 heteroatoms. The molecule has 0 spiro atoms. The van der Waals surface area contributed by atoms with Crippen LogP contribution >= 0.6 is 12.2 Å². The molecule has 0 bridgehead atoms. The summed E-state index contributed by atoms with van der Waals surface area (Å²) < 4.78 is 4.92. The Morgan fingerprint density at radius 1 is 1.50 bits per heavy atom. The van der Waals surface area contributed by atoms with Gasteiger partial charge in [-0.2, -0.15) is 4.98 Å². The number of rotatable bonds is 6. The normalized spacial score (nSPS) is 11.3. The zero-order valence-electron chi connectivity index (χ0n) is 10.8. The Labute approximate surface area is 111 Å². The van der Waals surface area contributed by atoms with Crippen LogP contribution in [0.15, 0.2) is 4.52 Å². The number of hydrogen-bond acceptors (Lipinski definition) is 5. The number of nitrogens with one attached hydrogen (secondary N) is 1. The number of thiocarbonyl (C=S) groups is 1. The number of aromatic nitrogens is 2. The van der Waals surface area contributed by atoms with Crippen LogP contribution in [0.1, 0.15) is 38.4 Å². The third-order valence-electron chi connectivity index (χ3n) is 3.08. The Morgan fingerprint density at radius 2 is 2.11 bits per heavy atom. The molecule has 1 heterocycles. The summed E-state index contributed by atoms with van der Waals surface area (Å²) in [5.74, 6) is 0.701. The second-order valence-electron chi connectivity index (χ2n) is 4.07. The standard InChI is InChI=1S/C11H18N4O2S/c1-4-11(5-2,9(12)18)10(16)13-6-8-14-7(3)15-17-8/h4-6H2,1-3H3,(H2,12,18)(H,13,16). The molecule has 0 saturated heterocycles. The van der Waals surface area contributed by atoms with Crippen LogP contribution in [0, 0.1) is 12.3 Å². The van der Waals surface area contributed by atoms with Crippen molar-refractivity contribution in [2.24, 2.45) is 11.1 Å². The smallest absolute Gasteiger partial charge is 0.246 e. The minimum absolute atomic E-state index is 0.185. The third-order valence-corrected chi connectivity index (χ3v) is 3.47. The molecule has 0 radical (unpaired) electrons. The fourth-order valence-electron chi connectivity index (χ4n) is 1.77. The Morgan fingerprint density at radius 3 is 2.50 bits per heavy atom. The molecule has 0 aliphatic rings. The molecule has 0 unspecified atom stereocenters. The molecule has 1 aromatic rings. The lowest BCUT2D eigenvalue weighted by Crippen LogP contribution is -2.48. The van der Waals surface area contributed by atoms with E-state index in [9.17, 15) is 4.79 Å². The highest BCUT2D eigenvalue weighted by Gasteiger charge is 2.37. The van der Waals surface area contributed by atoms with E-state index in [1.165, 1.54) is 0 Å². The monoisotopic (exact) mass is 270 g/mol. The van der Waals surface area contributed by atoms with Gasteiger partial charge in [0.2, 0.25) is 11.8 Å².